The van der Waals surface area contributed by atoms with E-state index in [1.807, 2.05) is 0 Å². The third-order valence-corrected chi connectivity index (χ3v) is 4.17. The first-order chi connectivity index (χ1) is 8.88. The van der Waals surface area contributed by atoms with Gasteiger partial charge in [0.15, 0.2) is 0 Å². The van der Waals surface area contributed by atoms with E-state index in [0.717, 1.165) is 6.54 Å². The van der Waals surface area contributed by atoms with Gasteiger partial charge in [-0.1, -0.05) is 57.0 Å². The van der Waals surface area contributed by atoms with Crippen molar-refractivity contribution in [1.82, 2.24) is 5.32 Å². The van der Waals surface area contributed by atoms with Gasteiger partial charge in [-0.2, -0.15) is 11.8 Å². The largest absolute Gasteiger partial charge is 0.309 e. The van der Waals surface area contributed by atoms with E-state index < -0.39 is 0 Å². The van der Waals surface area contributed by atoms with Crippen molar-refractivity contribution in [1.29, 1.82) is 0 Å². The van der Waals surface area contributed by atoms with Crippen molar-refractivity contribution in [2.75, 3.05) is 18.1 Å². The first kappa shape index (κ1) is 15.6. The fourth-order valence-electron chi connectivity index (χ4n) is 1.93. The third-order valence-electron chi connectivity index (χ3n) is 3.02. The molecule has 2 heteroatoms. The highest BCUT2D eigenvalue weighted by atomic mass is 32.2. The van der Waals surface area contributed by atoms with E-state index in [0.29, 0.717) is 6.04 Å². The normalized spacial score (nSPS) is 12.6. The van der Waals surface area contributed by atoms with Gasteiger partial charge >= 0.3 is 0 Å². The molecule has 1 aromatic carbocycles. The molecular weight excluding hydrogens is 238 g/mol. The Morgan fingerprint density at radius 2 is 1.83 bits per heavy atom. The van der Waals surface area contributed by atoms with Gasteiger partial charge in [-0.05, 0) is 30.7 Å². The molecule has 0 fully saturated rings. The van der Waals surface area contributed by atoms with Gasteiger partial charge in [-0.3, -0.25) is 0 Å². The maximum atomic E-state index is 3.66. The van der Waals surface area contributed by atoms with E-state index in [2.05, 4.69) is 61.3 Å². The molecule has 0 aromatic heterocycles. The van der Waals surface area contributed by atoms with Crippen LogP contribution in [0, 0.1) is 0 Å². The SMILES string of the molecule is CCCCCSCC(NCCC)c1ccccc1. The molecular formula is C16H27NS. The lowest BCUT2D eigenvalue weighted by Crippen LogP contribution is -2.24. The number of rotatable bonds is 10. The lowest BCUT2D eigenvalue weighted by Gasteiger charge is -2.18. The second-order valence-corrected chi connectivity index (χ2v) is 5.85. The highest BCUT2D eigenvalue weighted by molar-refractivity contribution is 7.99. The molecule has 1 aromatic rings. The molecule has 0 amide bonds. The van der Waals surface area contributed by atoms with Crippen LogP contribution in [0.2, 0.25) is 0 Å². The quantitative estimate of drug-likeness (QED) is 0.618. The Morgan fingerprint density at radius 1 is 1.06 bits per heavy atom. The number of hydrogen-bond acceptors (Lipinski definition) is 2. The van der Waals surface area contributed by atoms with Crippen LogP contribution in [-0.4, -0.2) is 18.1 Å². The number of benzene rings is 1. The van der Waals surface area contributed by atoms with Gasteiger partial charge in [0.2, 0.25) is 0 Å². The van der Waals surface area contributed by atoms with Crippen LogP contribution < -0.4 is 5.32 Å². The zero-order chi connectivity index (χ0) is 13.1. The minimum Gasteiger partial charge on any atom is -0.309 e. The molecule has 1 nitrogen and oxygen atoms in total. The van der Waals surface area contributed by atoms with Crippen LogP contribution in [0.3, 0.4) is 0 Å². The average molecular weight is 265 g/mol. The van der Waals surface area contributed by atoms with Crippen molar-refractivity contribution in [3.8, 4) is 0 Å². The lowest BCUT2D eigenvalue weighted by molar-refractivity contribution is 0.577. The summed E-state index contributed by atoms with van der Waals surface area (Å²) in [5.74, 6) is 2.48. The summed E-state index contributed by atoms with van der Waals surface area (Å²) in [5.41, 5.74) is 1.42. The molecule has 1 N–H and O–H groups in total. The summed E-state index contributed by atoms with van der Waals surface area (Å²) in [5, 5.41) is 3.66. The van der Waals surface area contributed by atoms with Gasteiger partial charge in [0.25, 0.3) is 0 Å². The Balaban J connectivity index is 2.36. The molecule has 18 heavy (non-hydrogen) atoms. The summed E-state index contributed by atoms with van der Waals surface area (Å²) >= 11 is 2.08. The minimum atomic E-state index is 0.512. The van der Waals surface area contributed by atoms with Crippen molar-refractivity contribution < 1.29 is 0 Å². The van der Waals surface area contributed by atoms with E-state index in [4.69, 9.17) is 0 Å². The van der Waals surface area contributed by atoms with Gasteiger partial charge in [-0.15, -0.1) is 0 Å². The summed E-state index contributed by atoms with van der Waals surface area (Å²) in [6.45, 7) is 5.60. The van der Waals surface area contributed by atoms with Crippen LogP contribution in [-0.2, 0) is 0 Å². The fraction of sp³-hybridized carbons (Fsp3) is 0.625. The highest BCUT2D eigenvalue weighted by Gasteiger charge is 2.09. The number of thioether (sulfide) groups is 1. The second kappa shape index (κ2) is 10.5. The standard InChI is InChI=1S/C16H27NS/c1-3-5-9-13-18-14-16(17-12-4-2)15-10-7-6-8-11-15/h6-8,10-11,16-17H,3-5,9,12-14H2,1-2H3. The van der Waals surface area contributed by atoms with Gasteiger partial charge < -0.3 is 5.32 Å². The van der Waals surface area contributed by atoms with Gasteiger partial charge in [0.05, 0.1) is 0 Å². The molecule has 102 valence electrons. The predicted molar refractivity (Wildman–Crippen MR) is 84.3 cm³/mol. The van der Waals surface area contributed by atoms with Crippen molar-refractivity contribution in [3.63, 3.8) is 0 Å². The maximum absolute atomic E-state index is 3.66. The van der Waals surface area contributed by atoms with Gasteiger partial charge in [0, 0.05) is 11.8 Å². The van der Waals surface area contributed by atoms with Gasteiger partial charge in [0.1, 0.15) is 0 Å². The molecule has 0 saturated heterocycles. The zero-order valence-corrected chi connectivity index (χ0v) is 12.6. The lowest BCUT2D eigenvalue weighted by atomic mass is 10.1. The molecule has 1 unspecified atom stereocenters. The van der Waals surface area contributed by atoms with Crippen molar-refractivity contribution >= 4 is 11.8 Å². The summed E-state index contributed by atoms with van der Waals surface area (Å²) < 4.78 is 0. The monoisotopic (exact) mass is 265 g/mol. The number of hydrogen-bond donors (Lipinski definition) is 1. The Morgan fingerprint density at radius 3 is 2.50 bits per heavy atom. The summed E-state index contributed by atoms with van der Waals surface area (Å²) in [6, 6.07) is 11.3. The molecule has 0 bridgehead atoms. The van der Waals surface area contributed by atoms with Crippen molar-refractivity contribution in [3.05, 3.63) is 35.9 Å². The van der Waals surface area contributed by atoms with E-state index in [-0.39, 0.29) is 0 Å². The van der Waals surface area contributed by atoms with Crippen LogP contribution >= 0.6 is 11.8 Å². The van der Waals surface area contributed by atoms with Crippen molar-refractivity contribution in [2.45, 2.75) is 45.6 Å². The van der Waals surface area contributed by atoms with Crippen LogP contribution in [0.4, 0.5) is 0 Å². The Bertz CT molecular complexity index is 286. The summed E-state index contributed by atoms with van der Waals surface area (Å²) in [6.07, 6.45) is 5.24. The molecule has 1 rings (SSSR count). The molecule has 0 radical (unpaired) electrons. The fourth-order valence-corrected chi connectivity index (χ4v) is 3.05. The molecule has 0 heterocycles. The first-order valence-electron chi connectivity index (χ1n) is 7.24. The molecule has 0 saturated carbocycles. The molecule has 0 spiro atoms. The van der Waals surface area contributed by atoms with E-state index in [1.165, 1.54) is 42.8 Å². The molecule has 0 aliphatic rings. The Hall–Kier alpha value is -0.470. The smallest absolute Gasteiger partial charge is 0.0411 e. The first-order valence-corrected chi connectivity index (χ1v) is 8.40. The van der Waals surface area contributed by atoms with Crippen LogP contribution in [0.25, 0.3) is 0 Å². The van der Waals surface area contributed by atoms with E-state index >= 15 is 0 Å². The summed E-state index contributed by atoms with van der Waals surface area (Å²) in [4.78, 5) is 0. The third kappa shape index (κ3) is 6.46. The molecule has 0 aliphatic carbocycles. The van der Waals surface area contributed by atoms with Crippen LogP contribution in [0.15, 0.2) is 30.3 Å². The maximum Gasteiger partial charge on any atom is 0.0411 e. The second-order valence-electron chi connectivity index (χ2n) is 4.70. The Labute approximate surface area is 117 Å². The minimum absolute atomic E-state index is 0.512. The number of nitrogens with one attached hydrogen (secondary N) is 1. The Kier molecular flexibility index (Phi) is 9.05. The predicted octanol–water partition coefficient (Wildman–Crippen LogP) is 4.65. The van der Waals surface area contributed by atoms with E-state index in [9.17, 15) is 0 Å². The average Bonchev–Trinajstić information content (AvgIpc) is 2.43. The highest BCUT2D eigenvalue weighted by Crippen LogP contribution is 2.19. The topological polar surface area (TPSA) is 12.0 Å². The summed E-state index contributed by atoms with van der Waals surface area (Å²) in [7, 11) is 0. The molecule has 0 aliphatic heterocycles. The van der Waals surface area contributed by atoms with Crippen LogP contribution in [0.5, 0.6) is 0 Å². The zero-order valence-electron chi connectivity index (χ0n) is 11.8. The molecule has 1 atom stereocenters. The van der Waals surface area contributed by atoms with E-state index in [1.54, 1.807) is 0 Å². The van der Waals surface area contributed by atoms with Gasteiger partial charge in [-0.25, -0.2) is 0 Å². The van der Waals surface area contributed by atoms with Crippen molar-refractivity contribution in [2.24, 2.45) is 0 Å². The van der Waals surface area contributed by atoms with Crippen LogP contribution in [0.1, 0.15) is 51.1 Å². The number of unbranched alkanes of at least 4 members (excludes halogenated alkanes) is 2.